The minimum Gasteiger partial charge on any atom is -0.489 e. The fourth-order valence-corrected chi connectivity index (χ4v) is 5.76. The number of aromatic amines is 1. The number of likely N-dealkylation sites (tertiary alicyclic amines) is 1. The fourth-order valence-electron chi connectivity index (χ4n) is 4.58. The lowest BCUT2D eigenvalue weighted by Gasteiger charge is -2.24. The highest BCUT2D eigenvalue weighted by atomic mass is 32.2. The van der Waals surface area contributed by atoms with Crippen molar-refractivity contribution in [3.8, 4) is 5.75 Å². The molecule has 4 aromatic rings. The number of imidazole rings is 1. The molecule has 1 saturated heterocycles. The van der Waals surface area contributed by atoms with Crippen LogP contribution in [0.25, 0.3) is 11.0 Å². The summed E-state index contributed by atoms with van der Waals surface area (Å²) in [6.45, 7) is 6.10. The van der Waals surface area contributed by atoms with Gasteiger partial charge in [0.25, 0.3) is 0 Å². The molecule has 0 radical (unpaired) electrons. The van der Waals surface area contributed by atoms with E-state index >= 15 is 0 Å². The number of carbonyl (C=O) groups excluding carboxylic acids is 1. The lowest BCUT2D eigenvalue weighted by atomic mass is 10.1. The third-order valence-corrected chi connectivity index (χ3v) is 7.39. The molecule has 0 aliphatic carbocycles. The predicted octanol–water partition coefficient (Wildman–Crippen LogP) is 5.40. The van der Waals surface area contributed by atoms with Gasteiger partial charge < -0.3 is 15.0 Å². The quantitative estimate of drug-likeness (QED) is 0.322. The minimum atomic E-state index is -0.164. The molecule has 0 unspecified atom stereocenters. The Morgan fingerprint density at radius 3 is 2.56 bits per heavy atom. The van der Waals surface area contributed by atoms with Crippen molar-refractivity contribution in [3.63, 3.8) is 0 Å². The molecule has 0 saturated carbocycles. The summed E-state index contributed by atoms with van der Waals surface area (Å²) >= 11 is 1.73. The molecule has 0 spiro atoms. The minimum absolute atomic E-state index is 0.0977. The second-order valence-electron chi connectivity index (χ2n) is 9.56. The zero-order valence-electron chi connectivity index (χ0n) is 20.7. The molecule has 36 heavy (non-hydrogen) atoms. The largest absolute Gasteiger partial charge is 0.489 e. The number of nitrogens with one attached hydrogen (secondary N) is 2. The Bertz CT molecular complexity index is 1260. The van der Waals surface area contributed by atoms with Crippen LogP contribution in [0.5, 0.6) is 5.75 Å². The van der Waals surface area contributed by atoms with Gasteiger partial charge in [0.15, 0.2) is 5.16 Å². The van der Waals surface area contributed by atoms with E-state index in [1.54, 1.807) is 11.8 Å². The van der Waals surface area contributed by atoms with Crippen molar-refractivity contribution in [1.82, 2.24) is 20.2 Å². The number of carbonyl (C=O) groups is 1. The topological polar surface area (TPSA) is 70.2 Å². The Kier molecular flexibility index (Phi) is 7.58. The average molecular weight is 501 g/mol. The smallest absolute Gasteiger partial charge is 0.237 e. The van der Waals surface area contributed by atoms with E-state index in [0.717, 1.165) is 40.5 Å². The number of fused-ring (bicyclic) bond motifs is 1. The van der Waals surface area contributed by atoms with E-state index in [4.69, 9.17) is 9.72 Å². The van der Waals surface area contributed by atoms with E-state index in [1.807, 2.05) is 68.4 Å². The summed E-state index contributed by atoms with van der Waals surface area (Å²) in [4.78, 5) is 23.5. The van der Waals surface area contributed by atoms with E-state index in [9.17, 15) is 4.79 Å². The summed E-state index contributed by atoms with van der Waals surface area (Å²) in [7, 11) is 0. The molecule has 5 rings (SSSR count). The van der Waals surface area contributed by atoms with E-state index in [0.29, 0.717) is 13.2 Å². The molecule has 186 valence electrons. The Hall–Kier alpha value is -3.29. The van der Waals surface area contributed by atoms with Gasteiger partial charge in [0.1, 0.15) is 12.4 Å². The first kappa shape index (κ1) is 24.4. The number of rotatable bonds is 9. The van der Waals surface area contributed by atoms with Gasteiger partial charge in [-0.15, -0.1) is 0 Å². The summed E-state index contributed by atoms with van der Waals surface area (Å²) in [5.41, 5.74) is 4.32. The predicted molar refractivity (Wildman–Crippen MR) is 145 cm³/mol. The van der Waals surface area contributed by atoms with Gasteiger partial charge >= 0.3 is 0 Å². The maximum absolute atomic E-state index is 13.1. The van der Waals surface area contributed by atoms with Crippen LogP contribution in [0.3, 0.4) is 0 Å². The summed E-state index contributed by atoms with van der Waals surface area (Å²) in [6, 6.07) is 26.4. The van der Waals surface area contributed by atoms with E-state index in [2.05, 4.69) is 39.5 Å². The number of aromatic nitrogens is 2. The molecule has 1 amide bonds. The Morgan fingerprint density at radius 1 is 1.06 bits per heavy atom. The maximum atomic E-state index is 13.1. The Balaban J connectivity index is 1.24. The fraction of sp³-hybridized carbons (Fsp3) is 0.310. The van der Waals surface area contributed by atoms with Gasteiger partial charge in [0.05, 0.1) is 17.1 Å². The van der Waals surface area contributed by atoms with Crippen LogP contribution in [0, 0.1) is 0 Å². The van der Waals surface area contributed by atoms with Crippen molar-refractivity contribution in [1.29, 1.82) is 0 Å². The summed E-state index contributed by atoms with van der Waals surface area (Å²) in [6.07, 6.45) is 0.790. The lowest BCUT2D eigenvalue weighted by molar-refractivity contribution is -0.126. The van der Waals surface area contributed by atoms with Crippen molar-refractivity contribution in [2.75, 3.05) is 6.54 Å². The first-order valence-electron chi connectivity index (χ1n) is 12.4. The van der Waals surface area contributed by atoms with Crippen molar-refractivity contribution in [2.24, 2.45) is 0 Å². The van der Waals surface area contributed by atoms with Crippen LogP contribution in [0.4, 0.5) is 0 Å². The average Bonchev–Trinajstić information content (AvgIpc) is 3.47. The molecule has 2 heterocycles. The number of hydrogen-bond donors (Lipinski definition) is 2. The number of benzene rings is 3. The van der Waals surface area contributed by atoms with Gasteiger partial charge in [-0.2, -0.15) is 0 Å². The van der Waals surface area contributed by atoms with Crippen LogP contribution in [0.1, 0.15) is 31.4 Å². The molecule has 3 aromatic carbocycles. The molecule has 7 heteroatoms. The number of H-pyrrole nitrogens is 1. The number of thioether (sulfide) groups is 1. The van der Waals surface area contributed by atoms with Gasteiger partial charge in [-0.3, -0.25) is 9.69 Å². The van der Waals surface area contributed by atoms with Gasteiger partial charge in [-0.1, -0.05) is 66.4 Å². The van der Waals surface area contributed by atoms with Crippen LogP contribution in [0.2, 0.25) is 0 Å². The van der Waals surface area contributed by atoms with Gasteiger partial charge in [-0.25, -0.2) is 4.98 Å². The highest BCUT2D eigenvalue weighted by Gasteiger charge is 2.37. The third kappa shape index (κ3) is 6.09. The molecule has 2 atom stereocenters. The second kappa shape index (κ2) is 11.2. The van der Waals surface area contributed by atoms with E-state index < -0.39 is 0 Å². The number of para-hydroxylation sites is 2. The summed E-state index contributed by atoms with van der Waals surface area (Å²) in [5, 5.41) is 4.30. The van der Waals surface area contributed by atoms with Crippen LogP contribution in [-0.2, 0) is 17.9 Å². The first-order chi connectivity index (χ1) is 17.5. The van der Waals surface area contributed by atoms with Gasteiger partial charge in [0, 0.05) is 24.4 Å². The van der Waals surface area contributed by atoms with Crippen LogP contribution in [0.15, 0.2) is 84.0 Å². The molecule has 6 nitrogen and oxygen atoms in total. The molecule has 1 aromatic heterocycles. The molecular weight excluding hydrogens is 468 g/mol. The number of amides is 1. The lowest BCUT2D eigenvalue weighted by Crippen LogP contribution is -2.45. The normalized spacial score (nSPS) is 18.1. The van der Waals surface area contributed by atoms with E-state index in [1.165, 1.54) is 5.56 Å². The zero-order chi connectivity index (χ0) is 24.9. The SMILES string of the molecule is CC(C)NC(=O)[C@@H]1C[C@H](Sc2nc3ccccc3[nH]2)CN1Cc1ccc(OCc2ccccc2)cc1. The standard InChI is InChI=1S/C29H32N4O2S/c1-20(2)30-28(34)27-16-24(36-29-31-25-10-6-7-11-26(25)32-29)18-33(27)17-21-12-14-23(15-13-21)35-19-22-8-4-3-5-9-22/h3-15,20,24,27H,16-19H2,1-2H3,(H,30,34)(H,31,32)/t24-,27-/m0/s1. The van der Waals surface area contributed by atoms with Crippen molar-refractivity contribution < 1.29 is 9.53 Å². The number of nitrogens with zero attached hydrogens (tertiary/aromatic N) is 2. The molecule has 2 N–H and O–H groups in total. The van der Waals surface area contributed by atoms with E-state index in [-0.39, 0.29) is 23.2 Å². The Morgan fingerprint density at radius 2 is 1.81 bits per heavy atom. The van der Waals surface area contributed by atoms with Crippen molar-refractivity contribution in [2.45, 2.75) is 55.9 Å². The molecule has 1 aliphatic heterocycles. The molecule has 1 fully saturated rings. The van der Waals surface area contributed by atoms with Gasteiger partial charge in [0.2, 0.25) is 5.91 Å². The molecule has 1 aliphatic rings. The van der Waals surface area contributed by atoms with Crippen LogP contribution >= 0.6 is 11.8 Å². The Labute approximate surface area is 216 Å². The summed E-state index contributed by atoms with van der Waals surface area (Å²) < 4.78 is 5.94. The highest BCUT2D eigenvalue weighted by molar-refractivity contribution is 7.99. The maximum Gasteiger partial charge on any atom is 0.237 e. The second-order valence-corrected chi connectivity index (χ2v) is 10.9. The van der Waals surface area contributed by atoms with Crippen LogP contribution in [-0.4, -0.2) is 44.7 Å². The number of hydrogen-bond acceptors (Lipinski definition) is 5. The monoisotopic (exact) mass is 500 g/mol. The zero-order valence-corrected chi connectivity index (χ0v) is 21.5. The first-order valence-corrected chi connectivity index (χ1v) is 13.3. The van der Waals surface area contributed by atoms with Crippen molar-refractivity contribution in [3.05, 3.63) is 90.0 Å². The van der Waals surface area contributed by atoms with Crippen molar-refractivity contribution >= 4 is 28.7 Å². The van der Waals surface area contributed by atoms with Gasteiger partial charge in [-0.05, 0) is 55.7 Å². The molecular formula is C29H32N4O2S. The summed E-state index contributed by atoms with van der Waals surface area (Å²) in [5.74, 6) is 0.942. The molecule has 0 bridgehead atoms. The van der Waals surface area contributed by atoms with Crippen LogP contribution < -0.4 is 10.1 Å². The number of ether oxygens (including phenoxy) is 1. The highest BCUT2D eigenvalue weighted by Crippen LogP contribution is 2.33. The third-order valence-electron chi connectivity index (χ3n) is 6.30.